The second-order valence-corrected chi connectivity index (χ2v) is 7.05. The Balaban J connectivity index is 2.22. The Morgan fingerprint density at radius 2 is 2.00 bits per heavy atom. The van der Waals surface area contributed by atoms with Crippen molar-refractivity contribution in [3.05, 3.63) is 17.6 Å². The van der Waals surface area contributed by atoms with Crippen LogP contribution in [0.25, 0.3) is 0 Å². The molecule has 1 atom stereocenters. The van der Waals surface area contributed by atoms with E-state index in [-0.39, 0.29) is 5.41 Å². The molecule has 0 aliphatic carbocycles. The van der Waals surface area contributed by atoms with Gasteiger partial charge in [-0.05, 0) is 14.1 Å². The fourth-order valence-electron chi connectivity index (χ4n) is 2.58. The highest BCUT2D eigenvalue weighted by Crippen LogP contribution is 2.22. The van der Waals surface area contributed by atoms with E-state index in [0.717, 1.165) is 37.6 Å². The lowest BCUT2D eigenvalue weighted by Crippen LogP contribution is -2.51. The van der Waals surface area contributed by atoms with Gasteiger partial charge in [0.15, 0.2) is 0 Å². The van der Waals surface area contributed by atoms with Gasteiger partial charge in [-0.1, -0.05) is 20.8 Å². The van der Waals surface area contributed by atoms with Crippen LogP contribution >= 0.6 is 0 Å². The van der Waals surface area contributed by atoms with Crippen molar-refractivity contribution in [3.8, 4) is 0 Å². The zero-order chi connectivity index (χ0) is 15.6. The van der Waals surface area contributed by atoms with Crippen LogP contribution in [0.5, 0.6) is 0 Å². The van der Waals surface area contributed by atoms with Crippen LogP contribution in [0, 0.1) is 0 Å². The minimum atomic E-state index is -0.0153. The minimum Gasteiger partial charge on any atom is -0.308 e. The van der Waals surface area contributed by atoms with Gasteiger partial charge in [0, 0.05) is 43.6 Å². The van der Waals surface area contributed by atoms with Gasteiger partial charge in [-0.25, -0.2) is 15.8 Å². The third-order valence-electron chi connectivity index (χ3n) is 4.09. The number of anilines is 1. The van der Waals surface area contributed by atoms with Gasteiger partial charge in [0.05, 0.1) is 5.69 Å². The van der Waals surface area contributed by atoms with E-state index in [2.05, 4.69) is 55.1 Å². The lowest BCUT2D eigenvalue weighted by molar-refractivity contribution is 0.113. The van der Waals surface area contributed by atoms with Crippen LogP contribution in [0.15, 0.2) is 6.07 Å². The maximum absolute atomic E-state index is 5.55. The summed E-state index contributed by atoms with van der Waals surface area (Å²) in [4.78, 5) is 14.0. The summed E-state index contributed by atoms with van der Waals surface area (Å²) in [5.74, 6) is 7.11. The Hall–Kier alpha value is -1.24. The van der Waals surface area contributed by atoms with Gasteiger partial charge in [-0.15, -0.1) is 0 Å². The Morgan fingerprint density at radius 1 is 1.29 bits per heavy atom. The number of nitrogens with one attached hydrogen (secondary N) is 1. The number of likely N-dealkylation sites (N-methyl/N-ethyl adjacent to an activating group) is 2. The maximum Gasteiger partial charge on any atom is 0.143 e. The van der Waals surface area contributed by atoms with Gasteiger partial charge in [0.2, 0.25) is 0 Å². The Morgan fingerprint density at radius 3 is 2.62 bits per heavy atom. The first kappa shape index (κ1) is 16.1. The van der Waals surface area contributed by atoms with Crippen molar-refractivity contribution in [3.63, 3.8) is 0 Å². The van der Waals surface area contributed by atoms with E-state index in [9.17, 15) is 0 Å². The summed E-state index contributed by atoms with van der Waals surface area (Å²) in [6.45, 7) is 9.71. The standard InChI is InChI=1S/C15H28N6/c1-15(2,3)12-9-14(19-16)18-13(17-12)8-11-10-20(4)6-7-21(11)5/h9,11H,6-8,10,16H2,1-5H3,(H,17,18,19). The van der Waals surface area contributed by atoms with Crippen LogP contribution < -0.4 is 11.3 Å². The first-order chi connectivity index (χ1) is 9.79. The molecule has 6 heteroatoms. The highest BCUT2D eigenvalue weighted by atomic mass is 15.3. The summed E-state index contributed by atoms with van der Waals surface area (Å²) in [6.07, 6.45) is 0.847. The fourth-order valence-corrected chi connectivity index (χ4v) is 2.58. The molecular formula is C15H28N6. The first-order valence-corrected chi connectivity index (χ1v) is 7.53. The molecule has 0 amide bonds. The average Bonchev–Trinajstić information content (AvgIpc) is 2.41. The van der Waals surface area contributed by atoms with E-state index >= 15 is 0 Å². The number of hydrogen-bond acceptors (Lipinski definition) is 6. The van der Waals surface area contributed by atoms with Gasteiger partial charge in [-0.2, -0.15) is 0 Å². The van der Waals surface area contributed by atoms with Crippen LogP contribution in [0.2, 0.25) is 0 Å². The number of piperazine rings is 1. The smallest absolute Gasteiger partial charge is 0.143 e. The van der Waals surface area contributed by atoms with Crippen LogP contribution in [-0.4, -0.2) is 59.5 Å². The van der Waals surface area contributed by atoms with Crippen LogP contribution in [0.3, 0.4) is 0 Å². The highest BCUT2D eigenvalue weighted by Gasteiger charge is 2.25. The number of hydrogen-bond donors (Lipinski definition) is 2. The largest absolute Gasteiger partial charge is 0.308 e. The zero-order valence-electron chi connectivity index (χ0n) is 13.8. The molecule has 2 heterocycles. The molecule has 0 radical (unpaired) electrons. The Labute approximate surface area is 127 Å². The van der Waals surface area contributed by atoms with Gasteiger partial charge in [-0.3, -0.25) is 0 Å². The highest BCUT2D eigenvalue weighted by molar-refractivity contribution is 5.36. The van der Waals surface area contributed by atoms with Gasteiger partial charge < -0.3 is 15.2 Å². The molecule has 0 bridgehead atoms. The van der Waals surface area contributed by atoms with Crippen molar-refractivity contribution in [1.29, 1.82) is 0 Å². The number of nitrogen functional groups attached to an aromatic ring is 1. The fraction of sp³-hybridized carbons (Fsp3) is 0.733. The summed E-state index contributed by atoms with van der Waals surface area (Å²) in [6, 6.07) is 2.38. The van der Waals surface area contributed by atoms with Crippen LogP contribution in [-0.2, 0) is 11.8 Å². The molecule has 6 nitrogen and oxygen atoms in total. The average molecular weight is 292 g/mol. The molecule has 1 unspecified atom stereocenters. The number of nitrogens with two attached hydrogens (primary N) is 1. The van der Waals surface area contributed by atoms with Crippen molar-refractivity contribution in [2.45, 2.75) is 38.6 Å². The first-order valence-electron chi connectivity index (χ1n) is 7.53. The lowest BCUT2D eigenvalue weighted by atomic mass is 9.92. The van der Waals surface area contributed by atoms with Crippen molar-refractivity contribution >= 4 is 5.82 Å². The van der Waals surface area contributed by atoms with Gasteiger partial charge in [0.1, 0.15) is 11.6 Å². The predicted molar refractivity (Wildman–Crippen MR) is 86.2 cm³/mol. The third kappa shape index (κ3) is 4.12. The SMILES string of the molecule is CN1CCN(C)C(Cc2nc(NN)cc(C(C)(C)C)n2)C1. The predicted octanol–water partition coefficient (Wildman–Crippen LogP) is 0.848. The monoisotopic (exact) mass is 292 g/mol. The second-order valence-electron chi connectivity index (χ2n) is 7.05. The van der Waals surface area contributed by atoms with E-state index in [1.165, 1.54) is 0 Å². The minimum absolute atomic E-state index is 0.0153. The topological polar surface area (TPSA) is 70.3 Å². The molecule has 1 aliphatic rings. The number of rotatable bonds is 3. The molecule has 1 saturated heterocycles. The summed E-state index contributed by atoms with van der Waals surface area (Å²) in [5, 5.41) is 0. The van der Waals surface area contributed by atoms with E-state index in [1.807, 2.05) is 6.07 Å². The quantitative estimate of drug-likeness (QED) is 0.636. The zero-order valence-corrected chi connectivity index (χ0v) is 13.8. The molecule has 1 aromatic heterocycles. The van der Waals surface area contributed by atoms with E-state index < -0.39 is 0 Å². The molecule has 21 heavy (non-hydrogen) atoms. The van der Waals surface area contributed by atoms with E-state index in [4.69, 9.17) is 10.8 Å². The lowest BCUT2D eigenvalue weighted by Gasteiger charge is -2.37. The normalized spacial score (nSPS) is 21.5. The molecule has 1 fully saturated rings. The molecule has 118 valence electrons. The summed E-state index contributed by atoms with van der Waals surface area (Å²) >= 11 is 0. The number of nitrogens with zero attached hydrogens (tertiary/aromatic N) is 4. The molecular weight excluding hydrogens is 264 g/mol. The molecule has 1 aromatic rings. The number of aromatic nitrogens is 2. The van der Waals surface area contributed by atoms with Crippen molar-refractivity contribution in [1.82, 2.24) is 19.8 Å². The summed E-state index contributed by atoms with van der Waals surface area (Å²) < 4.78 is 0. The molecule has 0 spiro atoms. The molecule has 0 aromatic carbocycles. The van der Waals surface area contributed by atoms with Crippen molar-refractivity contribution < 1.29 is 0 Å². The Bertz CT molecular complexity index is 482. The maximum atomic E-state index is 5.55. The summed E-state index contributed by atoms with van der Waals surface area (Å²) in [5.41, 5.74) is 3.67. The van der Waals surface area contributed by atoms with Gasteiger partial charge >= 0.3 is 0 Å². The van der Waals surface area contributed by atoms with E-state index in [1.54, 1.807) is 0 Å². The van der Waals surface area contributed by atoms with Crippen molar-refractivity contribution in [2.24, 2.45) is 5.84 Å². The Kier molecular flexibility index (Phi) is 4.81. The second kappa shape index (κ2) is 6.25. The molecule has 0 saturated carbocycles. The van der Waals surface area contributed by atoms with Crippen molar-refractivity contribution in [2.75, 3.05) is 39.2 Å². The molecule has 2 rings (SSSR count). The third-order valence-corrected chi connectivity index (χ3v) is 4.09. The van der Waals surface area contributed by atoms with Crippen LogP contribution in [0.1, 0.15) is 32.3 Å². The molecule has 1 aliphatic heterocycles. The summed E-state index contributed by atoms with van der Waals surface area (Å²) in [7, 11) is 4.34. The van der Waals surface area contributed by atoms with Crippen LogP contribution in [0.4, 0.5) is 5.82 Å². The molecule has 3 N–H and O–H groups in total. The van der Waals surface area contributed by atoms with Gasteiger partial charge in [0.25, 0.3) is 0 Å². The number of hydrazine groups is 1. The van der Waals surface area contributed by atoms with E-state index in [0.29, 0.717) is 11.9 Å².